The zero-order chi connectivity index (χ0) is 22.1. The van der Waals surface area contributed by atoms with E-state index in [1.165, 1.54) is 0 Å². The number of pyridine rings is 1. The van der Waals surface area contributed by atoms with Crippen molar-refractivity contribution in [1.29, 1.82) is 5.26 Å². The van der Waals surface area contributed by atoms with Gasteiger partial charge in [-0.15, -0.1) is 0 Å². The molecule has 4 aromatic rings. The van der Waals surface area contributed by atoms with Crippen molar-refractivity contribution in [2.24, 2.45) is 0 Å². The average molecular weight is 427 g/mol. The molecule has 7 heteroatoms. The number of nitrogens with one attached hydrogen (secondary N) is 1. The summed E-state index contributed by atoms with van der Waals surface area (Å²) in [5.41, 5.74) is 5.62. The third kappa shape index (κ3) is 3.63. The molecule has 1 N–H and O–H groups in total. The average Bonchev–Trinajstić information content (AvgIpc) is 3.46. The quantitative estimate of drug-likeness (QED) is 0.510. The van der Waals surface area contributed by atoms with Crippen molar-refractivity contribution in [3.63, 3.8) is 0 Å². The van der Waals surface area contributed by atoms with E-state index in [4.69, 9.17) is 9.84 Å². The molecule has 7 nitrogen and oxygen atoms in total. The minimum atomic E-state index is -0.279. The number of benzene rings is 1. The molecule has 1 aliphatic rings. The lowest BCUT2D eigenvalue weighted by molar-refractivity contribution is 0.228. The first-order valence-corrected chi connectivity index (χ1v) is 11.0. The first-order valence-electron chi connectivity index (χ1n) is 11.0. The molecule has 0 aliphatic carbocycles. The van der Waals surface area contributed by atoms with Crippen LogP contribution < -0.4 is 10.1 Å². The smallest absolute Gasteiger partial charge is 0.146 e. The monoisotopic (exact) mass is 426 g/mol. The van der Waals surface area contributed by atoms with Gasteiger partial charge >= 0.3 is 0 Å². The number of aromatic nitrogens is 4. The summed E-state index contributed by atoms with van der Waals surface area (Å²) in [6.07, 6.45) is 7.63. The Morgan fingerprint density at radius 3 is 2.81 bits per heavy atom. The predicted molar refractivity (Wildman–Crippen MR) is 122 cm³/mol. The van der Waals surface area contributed by atoms with E-state index in [1.807, 2.05) is 54.2 Å². The fourth-order valence-electron chi connectivity index (χ4n) is 4.57. The second-order valence-electron chi connectivity index (χ2n) is 8.28. The Kier molecular flexibility index (Phi) is 5.38. The number of nitriles is 1. The van der Waals surface area contributed by atoms with Crippen LogP contribution in [-0.2, 0) is 0 Å². The van der Waals surface area contributed by atoms with Gasteiger partial charge in [-0.2, -0.15) is 15.5 Å². The zero-order valence-corrected chi connectivity index (χ0v) is 18.3. The molecule has 0 bridgehead atoms. The SMILES string of the molecule is Cc1c(-c2cc(O[C@H](C)c3ccccc3C#N)c3ccnn3c2)cnn1C1CCNCC1. The Labute approximate surface area is 187 Å². The van der Waals surface area contributed by atoms with E-state index in [1.54, 1.807) is 6.20 Å². The lowest BCUT2D eigenvalue weighted by Crippen LogP contribution is -2.30. The van der Waals surface area contributed by atoms with Crippen molar-refractivity contribution in [2.75, 3.05) is 13.1 Å². The van der Waals surface area contributed by atoms with Gasteiger partial charge in [0.25, 0.3) is 0 Å². The molecule has 1 aromatic carbocycles. The van der Waals surface area contributed by atoms with Gasteiger partial charge in [0.1, 0.15) is 17.4 Å². The lowest BCUT2D eigenvalue weighted by Gasteiger charge is -2.24. The highest BCUT2D eigenvalue weighted by Crippen LogP contribution is 2.34. The zero-order valence-electron chi connectivity index (χ0n) is 18.3. The molecule has 1 atom stereocenters. The first kappa shape index (κ1) is 20.3. The summed E-state index contributed by atoms with van der Waals surface area (Å²) in [6, 6.07) is 14.2. The van der Waals surface area contributed by atoms with Gasteiger partial charge in [-0.25, -0.2) is 4.52 Å². The number of hydrogen-bond donors (Lipinski definition) is 1. The largest absolute Gasteiger partial charge is 0.484 e. The van der Waals surface area contributed by atoms with Crippen molar-refractivity contribution < 1.29 is 4.74 Å². The molecular formula is C25H26N6O. The van der Waals surface area contributed by atoms with E-state index in [0.29, 0.717) is 11.6 Å². The van der Waals surface area contributed by atoms with Crippen molar-refractivity contribution in [1.82, 2.24) is 24.7 Å². The van der Waals surface area contributed by atoms with Gasteiger partial charge in [0.2, 0.25) is 0 Å². The molecule has 162 valence electrons. The van der Waals surface area contributed by atoms with Gasteiger partial charge in [0, 0.05) is 28.6 Å². The van der Waals surface area contributed by atoms with Crippen molar-refractivity contribution in [3.05, 3.63) is 71.8 Å². The predicted octanol–water partition coefficient (Wildman–Crippen LogP) is 4.44. The number of piperidine rings is 1. The first-order chi connectivity index (χ1) is 15.7. The van der Waals surface area contributed by atoms with Crippen molar-refractivity contribution in [2.45, 2.75) is 38.8 Å². The maximum Gasteiger partial charge on any atom is 0.146 e. The van der Waals surface area contributed by atoms with Crippen LogP contribution in [0.15, 0.2) is 55.0 Å². The molecule has 0 amide bonds. The number of hydrogen-bond acceptors (Lipinski definition) is 5. The van der Waals surface area contributed by atoms with Crippen LogP contribution in [0.4, 0.5) is 0 Å². The van der Waals surface area contributed by atoms with Crippen LogP contribution in [0.1, 0.15) is 48.7 Å². The Hall–Kier alpha value is -3.63. The highest BCUT2D eigenvalue weighted by atomic mass is 16.5. The standard InChI is InChI=1S/C25H26N6O/c1-17-23(15-29-31(17)21-7-10-27-11-8-21)20-13-25(24-9-12-28-30(24)16-20)32-18(2)22-6-4-3-5-19(22)14-26/h3-6,9,12-13,15-16,18,21,27H,7-8,10-11H2,1-2H3/t18-/m1/s1. The molecule has 1 aliphatic heterocycles. The van der Waals surface area contributed by atoms with E-state index >= 15 is 0 Å². The molecule has 1 saturated heterocycles. The van der Waals surface area contributed by atoms with Gasteiger partial charge in [-0.05, 0) is 58.0 Å². The Morgan fingerprint density at radius 2 is 2.00 bits per heavy atom. The van der Waals surface area contributed by atoms with E-state index in [-0.39, 0.29) is 6.10 Å². The van der Waals surface area contributed by atoms with Crippen LogP contribution in [0.2, 0.25) is 0 Å². The van der Waals surface area contributed by atoms with E-state index in [2.05, 4.69) is 34.2 Å². The summed E-state index contributed by atoms with van der Waals surface area (Å²) in [7, 11) is 0. The molecule has 0 unspecified atom stereocenters. The molecule has 3 aromatic heterocycles. The summed E-state index contributed by atoms with van der Waals surface area (Å²) in [5, 5.41) is 22.1. The van der Waals surface area contributed by atoms with Crippen LogP contribution in [0.25, 0.3) is 16.6 Å². The Morgan fingerprint density at radius 1 is 1.19 bits per heavy atom. The third-order valence-corrected chi connectivity index (χ3v) is 6.30. The van der Waals surface area contributed by atoms with Crippen LogP contribution in [0.3, 0.4) is 0 Å². The molecule has 5 rings (SSSR count). The molecular weight excluding hydrogens is 400 g/mol. The van der Waals surface area contributed by atoms with Crippen LogP contribution >= 0.6 is 0 Å². The maximum atomic E-state index is 9.47. The molecule has 0 saturated carbocycles. The highest BCUT2D eigenvalue weighted by molar-refractivity contribution is 5.72. The highest BCUT2D eigenvalue weighted by Gasteiger charge is 2.21. The Bertz CT molecular complexity index is 1290. The second kappa shape index (κ2) is 8.48. The van der Waals surface area contributed by atoms with Crippen LogP contribution in [0, 0.1) is 18.3 Å². The fourth-order valence-corrected chi connectivity index (χ4v) is 4.57. The van der Waals surface area contributed by atoms with E-state index < -0.39 is 0 Å². The molecule has 4 heterocycles. The minimum Gasteiger partial charge on any atom is -0.484 e. The van der Waals surface area contributed by atoms with Gasteiger partial charge in [0.05, 0.1) is 30.1 Å². The normalized spacial score (nSPS) is 15.5. The third-order valence-electron chi connectivity index (χ3n) is 6.30. The van der Waals surface area contributed by atoms with Crippen molar-refractivity contribution >= 4 is 5.52 Å². The number of nitrogens with zero attached hydrogens (tertiary/aromatic N) is 5. The van der Waals surface area contributed by atoms with Crippen LogP contribution in [-0.4, -0.2) is 32.5 Å². The summed E-state index contributed by atoms with van der Waals surface area (Å²) >= 11 is 0. The number of ether oxygens (including phenoxy) is 1. The summed E-state index contributed by atoms with van der Waals surface area (Å²) < 4.78 is 10.4. The molecule has 0 radical (unpaired) electrons. The summed E-state index contributed by atoms with van der Waals surface area (Å²) in [6.45, 7) is 6.15. The lowest BCUT2D eigenvalue weighted by atomic mass is 10.0. The Balaban J connectivity index is 1.52. The second-order valence-corrected chi connectivity index (χ2v) is 8.28. The fraction of sp³-hybridized carbons (Fsp3) is 0.320. The van der Waals surface area contributed by atoms with Gasteiger partial charge in [-0.3, -0.25) is 4.68 Å². The van der Waals surface area contributed by atoms with Gasteiger partial charge in [0.15, 0.2) is 0 Å². The molecule has 32 heavy (non-hydrogen) atoms. The molecule has 1 fully saturated rings. The maximum absolute atomic E-state index is 9.47. The van der Waals surface area contributed by atoms with E-state index in [9.17, 15) is 5.26 Å². The van der Waals surface area contributed by atoms with Gasteiger partial charge < -0.3 is 10.1 Å². The molecule has 0 spiro atoms. The minimum absolute atomic E-state index is 0.279. The van der Waals surface area contributed by atoms with Crippen molar-refractivity contribution in [3.8, 4) is 22.9 Å². The van der Waals surface area contributed by atoms with E-state index in [0.717, 1.165) is 59.6 Å². The summed E-state index contributed by atoms with van der Waals surface area (Å²) in [5.74, 6) is 0.731. The number of fused-ring (bicyclic) bond motifs is 1. The van der Waals surface area contributed by atoms with Gasteiger partial charge in [-0.1, -0.05) is 18.2 Å². The van der Waals surface area contributed by atoms with Crippen LogP contribution in [0.5, 0.6) is 5.75 Å². The summed E-state index contributed by atoms with van der Waals surface area (Å²) in [4.78, 5) is 0. The number of rotatable bonds is 5. The topological polar surface area (TPSA) is 80.2 Å².